The Kier molecular flexibility index (Phi) is 3.88. The van der Waals surface area contributed by atoms with Crippen LogP contribution in [0.1, 0.15) is 36.6 Å². The first-order valence-corrected chi connectivity index (χ1v) is 8.76. The van der Waals surface area contributed by atoms with Gasteiger partial charge < -0.3 is 0 Å². The quantitative estimate of drug-likeness (QED) is 0.920. The summed E-state index contributed by atoms with van der Waals surface area (Å²) in [6, 6.07) is 12.7. The Morgan fingerprint density at radius 2 is 1.96 bits per heavy atom. The molecule has 2 heterocycles. The van der Waals surface area contributed by atoms with Crippen LogP contribution in [0.2, 0.25) is 0 Å². The lowest BCUT2D eigenvalue weighted by Gasteiger charge is -2.23. The highest BCUT2D eigenvalue weighted by Crippen LogP contribution is 2.41. The molecule has 1 aliphatic carbocycles. The van der Waals surface area contributed by atoms with Crippen molar-refractivity contribution in [3.8, 4) is 0 Å². The van der Waals surface area contributed by atoms with Crippen LogP contribution >= 0.6 is 0 Å². The van der Waals surface area contributed by atoms with Crippen LogP contribution in [0.4, 0.5) is 5.82 Å². The number of benzene rings is 1. The molecule has 1 aromatic heterocycles. The van der Waals surface area contributed by atoms with Gasteiger partial charge in [-0.1, -0.05) is 30.3 Å². The first-order valence-electron chi connectivity index (χ1n) is 8.76. The van der Waals surface area contributed by atoms with Gasteiger partial charge in [-0.15, -0.1) is 0 Å². The van der Waals surface area contributed by atoms with Crippen LogP contribution in [-0.4, -0.2) is 28.3 Å². The van der Waals surface area contributed by atoms with Crippen molar-refractivity contribution in [2.24, 2.45) is 13.0 Å². The van der Waals surface area contributed by atoms with Crippen molar-refractivity contribution < 1.29 is 4.79 Å². The molecule has 1 amide bonds. The number of nitrogens with zero attached hydrogens (tertiary/aromatic N) is 3. The molecule has 1 saturated carbocycles. The molecule has 0 unspecified atom stereocenters. The van der Waals surface area contributed by atoms with E-state index in [4.69, 9.17) is 0 Å². The summed E-state index contributed by atoms with van der Waals surface area (Å²) in [4.78, 5) is 14.8. The largest absolute Gasteiger partial charge is 0.299 e. The second-order valence-corrected chi connectivity index (χ2v) is 6.99. The third kappa shape index (κ3) is 2.84. The smallest absolute Gasteiger partial charge is 0.245 e. The van der Waals surface area contributed by atoms with Gasteiger partial charge in [0.25, 0.3) is 0 Å². The van der Waals surface area contributed by atoms with Gasteiger partial charge in [0.2, 0.25) is 5.91 Å². The molecule has 1 aromatic carbocycles. The van der Waals surface area contributed by atoms with Crippen LogP contribution in [0.5, 0.6) is 0 Å². The Morgan fingerprint density at radius 1 is 1.21 bits per heavy atom. The standard InChI is InChI=1S/C19H24N4O/c1-13-12-17(22(2)21-13)23-11-10-16(19(23)24)20-18(15-8-9-15)14-6-4-3-5-7-14/h3-7,12,15-16,18,20H,8-11H2,1-2H3/t16-,18+/m1/s1. The summed E-state index contributed by atoms with van der Waals surface area (Å²) in [6.45, 7) is 2.71. The lowest BCUT2D eigenvalue weighted by Crippen LogP contribution is -2.41. The molecule has 24 heavy (non-hydrogen) atoms. The van der Waals surface area contributed by atoms with Crippen molar-refractivity contribution in [1.29, 1.82) is 0 Å². The van der Waals surface area contributed by atoms with E-state index in [0.29, 0.717) is 5.92 Å². The van der Waals surface area contributed by atoms with Crippen LogP contribution < -0.4 is 10.2 Å². The highest BCUT2D eigenvalue weighted by Gasteiger charge is 2.39. The fourth-order valence-electron chi connectivity index (χ4n) is 3.72. The maximum absolute atomic E-state index is 12.9. The van der Waals surface area contributed by atoms with E-state index in [2.05, 4.69) is 34.7 Å². The summed E-state index contributed by atoms with van der Waals surface area (Å²) >= 11 is 0. The molecule has 1 N–H and O–H groups in total. The fraction of sp³-hybridized carbons (Fsp3) is 0.474. The number of amides is 1. The molecule has 2 fully saturated rings. The van der Waals surface area contributed by atoms with Gasteiger partial charge in [-0.3, -0.25) is 19.7 Å². The van der Waals surface area contributed by atoms with Gasteiger partial charge in [-0.25, -0.2) is 0 Å². The Bertz CT molecular complexity index is 735. The van der Waals surface area contributed by atoms with Gasteiger partial charge >= 0.3 is 0 Å². The minimum absolute atomic E-state index is 0.106. The lowest BCUT2D eigenvalue weighted by atomic mass is 10.0. The fourth-order valence-corrected chi connectivity index (χ4v) is 3.72. The monoisotopic (exact) mass is 324 g/mol. The molecule has 4 rings (SSSR count). The SMILES string of the molecule is Cc1cc(N2CC[C@@H](N[C@@H](c3ccccc3)C3CC3)C2=O)n(C)n1. The summed E-state index contributed by atoms with van der Waals surface area (Å²) < 4.78 is 1.80. The van der Waals surface area contributed by atoms with Gasteiger partial charge in [-0.05, 0) is 37.7 Å². The highest BCUT2D eigenvalue weighted by atomic mass is 16.2. The zero-order chi connectivity index (χ0) is 16.7. The summed E-state index contributed by atoms with van der Waals surface area (Å²) in [5.74, 6) is 1.72. The molecule has 1 aliphatic heterocycles. The summed E-state index contributed by atoms with van der Waals surface area (Å²) in [5.41, 5.74) is 2.24. The van der Waals surface area contributed by atoms with Crippen molar-refractivity contribution in [2.45, 2.75) is 38.3 Å². The van der Waals surface area contributed by atoms with E-state index >= 15 is 0 Å². The van der Waals surface area contributed by atoms with Gasteiger partial charge in [0.05, 0.1) is 11.7 Å². The average Bonchev–Trinajstić information content (AvgIpc) is 3.28. The minimum Gasteiger partial charge on any atom is -0.299 e. The van der Waals surface area contributed by atoms with Crippen LogP contribution in [0.3, 0.4) is 0 Å². The van der Waals surface area contributed by atoms with Gasteiger partial charge in [-0.2, -0.15) is 5.10 Å². The molecule has 1 saturated heterocycles. The maximum atomic E-state index is 12.9. The number of rotatable bonds is 5. The van der Waals surface area contributed by atoms with E-state index in [1.165, 1.54) is 18.4 Å². The van der Waals surface area contributed by atoms with Crippen molar-refractivity contribution in [3.63, 3.8) is 0 Å². The number of carbonyl (C=O) groups excluding carboxylic acids is 1. The third-order valence-electron chi connectivity index (χ3n) is 5.09. The number of anilines is 1. The molecule has 0 radical (unpaired) electrons. The molecule has 5 nitrogen and oxygen atoms in total. The molecular weight excluding hydrogens is 300 g/mol. The van der Waals surface area contributed by atoms with E-state index in [1.807, 2.05) is 31.0 Å². The minimum atomic E-state index is -0.106. The average molecular weight is 324 g/mol. The number of hydrogen-bond donors (Lipinski definition) is 1. The number of aryl methyl sites for hydroxylation is 2. The zero-order valence-electron chi connectivity index (χ0n) is 14.3. The summed E-state index contributed by atoms with van der Waals surface area (Å²) in [5, 5.41) is 8.01. The maximum Gasteiger partial charge on any atom is 0.245 e. The molecular formula is C19H24N4O. The lowest BCUT2D eigenvalue weighted by molar-refractivity contribution is -0.119. The Morgan fingerprint density at radius 3 is 2.58 bits per heavy atom. The molecule has 2 atom stereocenters. The molecule has 2 aliphatic rings. The summed E-state index contributed by atoms with van der Waals surface area (Å²) in [6.07, 6.45) is 3.34. The highest BCUT2D eigenvalue weighted by molar-refractivity contribution is 5.98. The van der Waals surface area contributed by atoms with Gasteiger partial charge in [0, 0.05) is 25.7 Å². The first-order chi connectivity index (χ1) is 11.6. The Hall–Kier alpha value is -2.14. The van der Waals surface area contributed by atoms with Crippen molar-refractivity contribution >= 4 is 11.7 Å². The van der Waals surface area contributed by atoms with E-state index in [-0.39, 0.29) is 18.0 Å². The predicted octanol–water partition coefficient (Wildman–Crippen LogP) is 2.57. The zero-order valence-corrected chi connectivity index (χ0v) is 14.3. The van der Waals surface area contributed by atoms with Crippen LogP contribution in [0.15, 0.2) is 36.4 Å². The van der Waals surface area contributed by atoms with Crippen molar-refractivity contribution in [1.82, 2.24) is 15.1 Å². The van der Waals surface area contributed by atoms with E-state index in [1.54, 1.807) is 4.68 Å². The molecule has 2 aromatic rings. The van der Waals surface area contributed by atoms with E-state index in [9.17, 15) is 4.79 Å². The molecule has 0 bridgehead atoms. The van der Waals surface area contributed by atoms with Crippen LogP contribution in [0.25, 0.3) is 0 Å². The van der Waals surface area contributed by atoms with Gasteiger partial charge in [0.1, 0.15) is 5.82 Å². The van der Waals surface area contributed by atoms with Crippen LogP contribution in [-0.2, 0) is 11.8 Å². The first kappa shape index (κ1) is 15.4. The molecule has 126 valence electrons. The van der Waals surface area contributed by atoms with E-state index in [0.717, 1.165) is 24.5 Å². The normalized spacial score (nSPS) is 22.2. The predicted molar refractivity (Wildman–Crippen MR) is 93.7 cm³/mol. The topological polar surface area (TPSA) is 50.2 Å². The number of aromatic nitrogens is 2. The van der Waals surface area contributed by atoms with E-state index < -0.39 is 0 Å². The third-order valence-corrected chi connectivity index (χ3v) is 5.09. The number of carbonyl (C=O) groups is 1. The Labute approximate surface area is 142 Å². The van der Waals surface area contributed by atoms with Crippen LogP contribution in [0, 0.1) is 12.8 Å². The number of nitrogens with one attached hydrogen (secondary N) is 1. The van der Waals surface area contributed by atoms with Crippen molar-refractivity contribution in [2.75, 3.05) is 11.4 Å². The molecule has 5 heteroatoms. The van der Waals surface area contributed by atoms with Gasteiger partial charge in [0.15, 0.2) is 0 Å². The summed E-state index contributed by atoms with van der Waals surface area (Å²) in [7, 11) is 1.90. The Balaban J connectivity index is 1.51. The number of hydrogen-bond acceptors (Lipinski definition) is 3. The molecule has 0 spiro atoms. The second-order valence-electron chi connectivity index (χ2n) is 6.99. The second kappa shape index (κ2) is 6.06. The van der Waals surface area contributed by atoms with Crippen molar-refractivity contribution in [3.05, 3.63) is 47.7 Å².